The molecule has 6 nitrogen and oxygen atoms in total. The number of carbonyl (C=O) groups excluding carboxylic acids is 1. The molecule has 1 aliphatic carbocycles. The number of ketones is 1. The summed E-state index contributed by atoms with van der Waals surface area (Å²) in [5, 5.41) is 19.0. The minimum absolute atomic E-state index is 0.0150. The van der Waals surface area contributed by atoms with Crippen molar-refractivity contribution < 1.29 is 19.8 Å². The highest BCUT2D eigenvalue weighted by molar-refractivity contribution is 5.84. The largest absolute Gasteiger partial charge is 0.481 e. The van der Waals surface area contributed by atoms with Gasteiger partial charge in [-0.05, 0) is 25.7 Å². The van der Waals surface area contributed by atoms with Gasteiger partial charge in [-0.2, -0.15) is 0 Å². The van der Waals surface area contributed by atoms with Gasteiger partial charge in [-0.25, -0.2) is 4.98 Å². The number of aliphatic carboxylic acids is 1. The van der Waals surface area contributed by atoms with Crippen molar-refractivity contribution in [1.29, 1.82) is 0 Å². The molecular formula is C23H34N2O4. The first-order valence-electron chi connectivity index (χ1n) is 10.8. The van der Waals surface area contributed by atoms with E-state index in [1.807, 2.05) is 35.1 Å². The molecule has 0 amide bonds. The van der Waals surface area contributed by atoms with E-state index in [0.717, 1.165) is 25.7 Å². The van der Waals surface area contributed by atoms with Crippen molar-refractivity contribution in [3.8, 4) is 0 Å². The van der Waals surface area contributed by atoms with Gasteiger partial charge in [-0.3, -0.25) is 9.59 Å². The van der Waals surface area contributed by atoms with Crippen LogP contribution in [-0.4, -0.2) is 37.6 Å². The highest BCUT2D eigenvalue weighted by Crippen LogP contribution is 2.41. The second-order valence-electron chi connectivity index (χ2n) is 7.87. The van der Waals surface area contributed by atoms with Crippen molar-refractivity contribution >= 4 is 11.8 Å². The first-order valence-corrected chi connectivity index (χ1v) is 10.8. The maximum atomic E-state index is 12.7. The molecule has 1 heterocycles. The lowest BCUT2D eigenvalue weighted by Gasteiger charge is -2.21. The number of aromatic nitrogens is 2. The predicted molar refractivity (Wildman–Crippen MR) is 112 cm³/mol. The maximum absolute atomic E-state index is 12.7. The van der Waals surface area contributed by atoms with Crippen LogP contribution < -0.4 is 0 Å². The fraction of sp³-hybridized carbons (Fsp3) is 0.609. The van der Waals surface area contributed by atoms with E-state index in [1.165, 1.54) is 0 Å². The summed E-state index contributed by atoms with van der Waals surface area (Å²) in [5.41, 5.74) is 0. The molecule has 160 valence electrons. The number of nitrogens with zero attached hydrogens (tertiary/aromatic N) is 2. The summed E-state index contributed by atoms with van der Waals surface area (Å²) in [6.45, 7) is 2.14. The number of imidazole rings is 1. The van der Waals surface area contributed by atoms with Gasteiger partial charge >= 0.3 is 5.97 Å². The lowest BCUT2D eigenvalue weighted by atomic mass is 9.89. The highest BCUT2D eigenvalue weighted by atomic mass is 16.4. The van der Waals surface area contributed by atoms with Crippen molar-refractivity contribution in [2.24, 2.45) is 11.8 Å². The highest BCUT2D eigenvalue weighted by Gasteiger charge is 2.41. The van der Waals surface area contributed by atoms with Crippen molar-refractivity contribution in [2.45, 2.75) is 76.9 Å². The Balaban J connectivity index is 2.01. The Bertz CT molecular complexity index is 681. The SMILES string of the molecule is CCCCC[C@@H](O)C=C[C@H]1C(n2ccnc2)CC(=O)[C@H]1CC=CCCCC(=O)O. The number of Topliss-reactive ketones (excluding diaryl/α,β-unsaturated/α-hetero) is 1. The number of rotatable bonds is 13. The van der Waals surface area contributed by atoms with Gasteiger partial charge in [0.2, 0.25) is 0 Å². The minimum atomic E-state index is -0.782. The van der Waals surface area contributed by atoms with Gasteiger partial charge in [-0.15, -0.1) is 0 Å². The quantitative estimate of drug-likeness (QED) is 0.378. The molecule has 1 fully saturated rings. The first-order chi connectivity index (χ1) is 14.0. The number of carboxylic acid groups (broad SMARTS) is 1. The Kier molecular flexibility index (Phi) is 9.84. The van der Waals surface area contributed by atoms with Gasteiger partial charge in [0.25, 0.3) is 0 Å². The van der Waals surface area contributed by atoms with E-state index in [4.69, 9.17) is 5.11 Å². The van der Waals surface area contributed by atoms with Crippen LogP contribution >= 0.6 is 0 Å². The predicted octanol–water partition coefficient (Wildman–Crippen LogP) is 4.33. The topological polar surface area (TPSA) is 92.4 Å². The zero-order valence-electron chi connectivity index (χ0n) is 17.3. The zero-order chi connectivity index (χ0) is 21.1. The molecule has 0 spiro atoms. The lowest BCUT2D eigenvalue weighted by molar-refractivity contribution is -0.137. The van der Waals surface area contributed by atoms with Crippen LogP contribution in [-0.2, 0) is 9.59 Å². The van der Waals surface area contributed by atoms with E-state index in [1.54, 1.807) is 12.5 Å². The third kappa shape index (κ3) is 7.61. The molecule has 0 radical (unpaired) electrons. The van der Waals surface area contributed by atoms with Gasteiger partial charge < -0.3 is 14.8 Å². The summed E-state index contributed by atoms with van der Waals surface area (Å²) >= 11 is 0. The monoisotopic (exact) mass is 402 g/mol. The van der Waals surface area contributed by atoms with Crippen LogP contribution in [0.25, 0.3) is 0 Å². The molecule has 1 aromatic heterocycles. The summed E-state index contributed by atoms with van der Waals surface area (Å²) < 4.78 is 1.99. The molecule has 1 aliphatic rings. The lowest BCUT2D eigenvalue weighted by Crippen LogP contribution is -2.18. The smallest absolute Gasteiger partial charge is 0.303 e. The maximum Gasteiger partial charge on any atom is 0.303 e. The molecule has 0 aliphatic heterocycles. The minimum Gasteiger partial charge on any atom is -0.481 e. The Hall–Kier alpha value is -2.21. The van der Waals surface area contributed by atoms with Crippen LogP contribution in [0.4, 0.5) is 0 Å². The Morgan fingerprint density at radius 2 is 2.17 bits per heavy atom. The van der Waals surface area contributed by atoms with Gasteiger partial charge in [0, 0.05) is 43.1 Å². The molecule has 0 aromatic carbocycles. The van der Waals surface area contributed by atoms with Crippen molar-refractivity contribution in [3.63, 3.8) is 0 Å². The molecule has 1 unspecified atom stereocenters. The average Bonchev–Trinajstić information content (AvgIpc) is 3.31. The van der Waals surface area contributed by atoms with E-state index in [-0.39, 0.29) is 30.1 Å². The Morgan fingerprint density at radius 3 is 2.86 bits per heavy atom. The third-order valence-electron chi connectivity index (χ3n) is 5.62. The molecule has 2 rings (SSSR count). The van der Waals surface area contributed by atoms with Crippen LogP contribution in [0.5, 0.6) is 0 Å². The van der Waals surface area contributed by atoms with E-state index < -0.39 is 12.1 Å². The zero-order valence-corrected chi connectivity index (χ0v) is 17.3. The van der Waals surface area contributed by atoms with E-state index >= 15 is 0 Å². The van der Waals surface area contributed by atoms with Crippen LogP contribution in [0.3, 0.4) is 0 Å². The third-order valence-corrected chi connectivity index (χ3v) is 5.62. The fourth-order valence-corrected chi connectivity index (χ4v) is 3.99. The van der Waals surface area contributed by atoms with E-state index in [9.17, 15) is 14.7 Å². The average molecular weight is 403 g/mol. The van der Waals surface area contributed by atoms with Gasteiger partial charge in [0.05, 0.1) is 12.4 Å². The number of hydrogen-bond acceptors (Lipinski definition) is 4. The van der Waals surface area contributed by atoms with Crippen molar-refractivity contribution in [1.82, 2.24) is 9.55 Å². The van der Waals surface area contributed by atoms with Crippen LogP contribution in [0.15, 0.2) is 43.0 Å². The molecule has 0 bridgehead atoms. The van der Waals surface area contributed by atoms with Gasteiger partial charge in [-0.1, -0.05) is 50.5 Å². The molecule has 1 aromatic rings. The van der Waals surface area contributed by atoms with E-state index in [0.29, 0.717) is 25.7 Å². The van der Waals surface area contributed by atoms with E-state index in [2.05, 4.69) is 11.9 Å². The van der Waals surface area contributed by atoms with Crippen LogP contribution in [0.1, 0.15) is 70.8 Å². The Labute approximate surface area is 173 Å². The number of aliphatic hydroxyl groups is 1. The molecule has 6 heteroatoms. The molecular weight excluding hydrogens is 368 g/mol. The van der Waals surface area contributed by atoms with Crippen molar-refractivity contribution in [2.75, 3.05) is 0 Å². The summed E-state index contributed by atoms with van der Waals surface area (Å²) in [7, 11) is 0. The standard InChI is InChI=1S/C23H34N2O4/c1-2-3-6-9-18(26)12-13-19-20(10-7-4-5-8-11-23(28)29)22(27)16-21(19)25-15-14-24-17-25/h4,7,12-15,17-21,26H,2-3,5-6,8-11,16H2,1H3,(H,28,29)/t18-,19-,20+,21?/m1/s1. The number of unbranched alkanes of at least 4 members (excludes halogenated alkanes) is 3. The summed E-state index contributed by atoms with van der Waals surface area (Å²) in [5.74, 6) is -0.664. The second-order valence-corrected chi connectivity index (χ2v) is 7.87. The molecule has 0 saturated heterocycles. The van der Waals surface area contributed by atoms with Crippen LogP contribution in [0, 0.1) is 11.8 Å². The van der Waals surface area contributed by atoms with Crippen LogP contribution in [0.2, 0.25) is 0 Å². The van der Waals surface area contributed by atoms with Gasteiger partial charge in [0.15, 0.2) is 0 Å². The Morgan fingerprint density at radius 1 is 1.34 bits per heavy atom. The fourth-order valence-electron chi connectivity index (χ4n) is 3.99. The second kappa shape index (κ2) is 12.4. The number of allylic oxidation sites excluding steroid dienone is 3. The first kappa shape index (κ1) is 23.1. The molecule has 29 heavy (non-hydrogen) atoms. The van der Waals surface area contributed by atoms with Crippen molar-refractivity contribution in [3.05, 3.63) is 43.0 Å². The molecule has 2 N–H and O–H groups in total. The number of hydrogen-bond donors (Lipinski definition) is 2. The number of carboxylic acids is 1. The molecule has 4 atom stereocenters. The normalized spacial score (nSPS) is 23.4. The van der Waals surface area contributed by atoms with Gasteiger partial charge in [0.1, 0.15) is 5.78 Å². The number of aliphatic hydroxyl groups excluding tert-OH is 1. The summed E-state index contributed by atoms with van der Waals surface area (Å²) in [4.78, 5) is 27.4. The molecule has 1 saturated carbocycles. The summed E-state index contributed by atoms with van der Waals surface area (Å²) in [6.07, 6.45) is 19.3. The number of carbonyl (C=O) groups is 2. The summed E-state index contributed by atoms with van der Waals surface area (Å²) in [6, 6.07) is 0.0227.